The SMILES string of the molecule is Cc1cc(C(=O)NCC2(c3ccccc3)CCC2)n[nH]1. The van der Waals surface area contributed by atoms with E-state index in [1.165, 1.54) is 12.0 Å². The minimum absolute atomic E-state index is 0.100. The highest BCUT2D eigenvalue weighted by atomic mass is 16.1. The van der Waals surface area contributed by atoms with Gasteiger partial charge in [0.2, 0.25) is 0 Å². The van der Waals surface area contributed by atoms with Gasteiger partial charge in [-0.1, -0.05) is 36.8 Å². The summed E-state index contributed by atoms with van der Waals surface area (Å²) in [6.45, 7) is 2.57. The predicted molar refractivity (Wildman–Crippen MR) is 77.6 cm³/mol. The molecular weight excluding hydrogens is 250 g/mol. The second-order valence-corrected chi connectivity index (χ2v) is 5.62. The van der Waals surface area contributed by atoms with Gasteiger partial charge >= 0.3 is 0 Å². The molecule has 0 aliphatic heterocycles. The summed E-state index contributed by atoms with van der Waals surface area (Å²) in [5, 5.41) is 9.82. The summed E-state index contributed by atoms with van der Waals surface area (Å²) in [6.07, 6.45) is 3.50. The fourth-order valence-electron chi connectivity index (χ4n) is 2.84. The van der Waals surface area contributed by atoms with Crippen LogP contribution >= 0.6 is 0 Å². The Morgan fingerprint density at radius 1 is 1.35 bits per heavy atom. The molecule has 1 aromatic heterocycles. The van der Waals surface area contributed by atoms with Gasteiger partial charge in [0.15, 0.2) is 0 Å². The molecule has 1 aromatic carbocycles. The van der Waals surface area contributed by atoms with E-state index in [-0.39, 0.29) is 11.3 Å². The third kappa shape index (κ3) is 2.33. The summed E-state index contributed by atoms with van der Waals surface area (Å²) in [5.41, 5.74) is 2.80. The summed E-state index contributed by atoms with van der Waals surface area (Å²) >= 11 is 0. The number of benzene rings is 1. The lowest BCUT2D eigenvalue weighted by Gasteiger charge is -2.42. The van der Waals surface area contributed by atoms with Gasteiger partial charge in [-0.2, -0.15) is 5.10 Å². The zero-order chi connectivity index (χ0) is 14.0. The third-order valence-corrected chi connectivity index (χ3v) is 4.22. The molecule has 104 valence electrons. The Labute approximate surface area is 118 Å². The molecule has 3 rings (SSSR count). The second-order valence-electron chi connectivity index (χ2n) is 5.62. The molecule has 1 amide bonds. The minimum atomic E-state index is -0.100. The highest BCUT2D eigenvalue weighted by Gasteiger charge is 2.38. The zero-order valence-corrected chi connectivity index (χ0v) is 11.6. The average molecular weight is 269 g/mol. The van der Waals surface area contributed by atoms with E-state index in [4.69, 9.17) is 0 Å². The maximum atomic E-state index is 12.1. The zero-order valence-electron chi connectivity index (χ0n) is 11.6. The second kappa shape index (κ2) is 5.12. The van der Waals surface area contributed by atoms with Gasteiger partial charge in [-0.15, -0.1) is 0 Å². The Morgan fingerprint density at radius 3 is 2.65 bits per heavy atom. The van der Waals surface area contributed by atoms with Crippen LogP contribution in [0.4, 0.5) is 0 Å². The molecule has 1 saturated carbocycles. The fraction of sp³-hybridized carbons (Fsp3) is 0.375. The highest BCUT2D eigenvalue weighted by molar-refractivity contribution is 5.92. The van der Waals surface area contributed by atoms with Crippen LogP contribution in [0.5, 0.6) is 0 Å². The number of nitrogens with zero attached hydrogens (tertiary/aromatic N) is 1. The van der Waals surface area contributed by atoms with E-state index in [0.29, 0.717) is 12.2 Å². The van der Waals surface area contributed by atoms with Crippen LogP contribution in [0.15, 0.2) is 36.4 Å². The summed E-state index contributed by atoms with van der Waals surface area (Å²) in [4.78, 5) is 12.1. The Hall–Kier alpha value is -2.10. The molecule has 1 aliphatic rings. The summed E-state index contributed by atoms with van der Waals surface area (Å²) in [5.74, 6) is -0.100. The first kappa shape index (κ1) is 12.9. The number of carbonyl (C=O) groups is 1. The molecule has 0 atom stereocenters. The van der Waals surface area contributed by atoms with Crippen molar-refractivity contribution in [1.82, 2.24) is 15.5 Å². The Bertz CT molecular complexity index is 599. The quantitative estimate of drug-likeness (QED) is 0.896. The van der Waals surface area contributed by atoms with E-state index >= 15 is 0 Å². The van der Waals surface area contributed by atoms with Crippen molar-refractivity contribution in [3.05, 3.63) is 53.3 Å². The molecule has 1 heterocycles. The maximum absolute atomic E-state index is 12.1. The molecule has 4 nitrogen and oxygen atoms in total. The van der Waals surface area contributed by atoms with Crippen molar-refractivity contribution in [3.8, 4) is 0 Å². The van der Waals surface area contributed by atoms with E-state index in [1.807, 2.05) is 13.0 Å². The van der Waals surface area contributed by atoms with Gasteiger partial charge in [-0.3, -0.25) is 9.89 Å². The first-order valence-electron chi connectivity index (χ1n) is 7.05. The number of aromatic amines is 1. The number of amides is 1. The molecule has 2 aromatic rings. The first-order chi connectivity index (χ1) is 9.70. The number of nitrogens with one attached hydrogen (secondary N) is 2. The molecule has 2 N–H and O–H groups in total. The first-order valence-corrected chi connectivity index (χ1v) is 7.05. The van der Waals surface area contributed by atoms with E-state index in [2.05, 4.69) is 39.8 Å². The van der Waals surface area contributed by atoms with E-state index in [1.54, 1.807) is 6.07 Å². The van der Waals surface area contributed by atoms with Crippen LogP contribution in [0.25, 0.3) is 0 Å². The van der Waals surface area contributed by atoms with Gasteiger partial charge in [0.25, 0.3) is 5.91 Å². The van der Waals surface area contributed by atoms with Crippen molar-refractivity contribution in [2.75, 3.05) is 6.54 Å². The number of aryl methyl sites for hydroxylation is 1. The average Bonchev–Trinajstić information content (AvgIpc) is 2.85. The van der Waals surface area contributed by atoms with E-state index in [0.717, 1.165) is 18.5 Å². The van der Waals surface area contributed by atoms with Crippen molar-refractivity contribution in [2.45, 2.75) is 31.6 Å². The number of H-pyrrole nitrogens is 1. The Balaban J connectivity index is 1.69. The van der Waals surface area contributed by atoms with Gasteiger partial charge in [0.1, 0.15) is 5.69 Å². The van der Waals surface area contributed by atoms with E-state index in [9.17, 15) is 4.79 Å². The molecule has 4 heteroatoms. The Morgan fingerprint density at radius 2 is 2.10 bits per heavy atom. The van der Waals surface area contributed by atoms with Crippen LogP contribution in [0.2, 0.25) is 0 Å². The molecule has 0 radical (unpaired) electrons. The van der Waals surface area contributed by atoms with Crippen molar-refractivity contribution >= 4 is 5.91 Å². The molecule has 1 aliphatic carbocycles. The fourth-order valence-corrected chi connectivity index (χ4v) is 2.84. The number of carbonyl (C=O) groups excluding carboxylic acids is 1. The van der Waals surface area contributed by atoms with Crippen LogP contribution < -0.4 is 5.32 Å². The molecule has 0 saturated heterocycles. The van der Waals surface area contributed by atoms with Crippen LogP contribution in [0.3, 0.4) is 0 Å². The molecule has 0 unspecified atom stereocenters. The highest BCUT2D eigenvalue weighted by Crippen LogP contribution is 2.43. The number of hydrogen-bond donors (Lipinski definition) is 2. The smallest absolute Gasteiger partial charge is 0.271 e. The topological polar surface area (TPSA) is 57.8 Å². The lowest BCUT2D eigenvalue weighted by molar-refractivity contribution is 0.0923. The minimum Gasteiger partial charge on any atom is -0.350 e. The molecule has 0 spiro atoms. The molecule has 0 bridgehead atoms. The van der Waals surface area contributed by atoms with Crippen molar-refractivity contribution in [2.24, 2.45) is 0 Å². The lowest BCUT2D eigenvalue weighted by atomic mass is 9.64. The van der Waals surface area contributed by atoms with Gasteiger partial charge < -0.3 is 5.32 Å². The molecule has 20 heavy (non-hydrogen) atoms. The largest absolute Gasteiger partial charge is 0.350 e. The van der Waals surface area contributed by atoms with Gasteiger partial charge in [0.05, 0.1) is 0 Å². The van der Waals surface area contributed by atoms with Gasteiger partial charge in [-0.25, -0.2) is 0 Å². The van der Waals surface area contributed by atoms with E-state index < -0.39 is 0 Å². The van der Waals surface area contributed by atoms with Crippen LogP contribution in [0, 0.1) is 6.92 Å². The van der Waals surface area contributed by atoms with Crippen LogP contribution in [0.1, 0.15) is 41.0 Å². The van der Waals surface area contributed by atoms with Crippen LogP contribution in [-0.2, 0) is 5.41 Å². The third-order valence-electron chi connectivity index (χ3n) is 4.22. The molecule has 1 fully saturated rings. The monoisotopic (exact) mass is 269 g/mol. The predicted octanol–water partition coefficient (Wildman–Crippen LogP) is 2.57. The Kier molecular flexibility index (Phi) is 3.30. The summed E-state index contributed by atoms with van der Waals surface area (Å²) in [6, 6.07) is 12.2. The molecular formula is C16H19N3O. The maximum Gasteiger partial charge on any atom is 0.271 e. The van der Waals surface area contributed by atoms with Crippen molar-refractivity contribution < 1.29 is 4.79 Å². The number of aromatic nitrogens is 2. The van der Waals surface area contributed by atoms with Crippen LogP contribution in [-0.4, -0.2) is 22.6 Å². The number of rotatable bonds is 4. The number of hydrogen-bond acceptors (Lipinski definition) is 2. The lowest BCUT2D eigenvalue weighted by Crippen LogP contribution is -2.45. The van der Waals surface area contributed by atoms with Gasteiger partial charge in [0, 0.05) is 17.7 Å². The van der Waals surface area contributed by atoms with Gasteiger partial charge in [-0.05, 0) is 31.4 Å². The summed E-state index contributed by atoms with van der Waals surface area (Å²) in [7, 11) is 0. The van der Waals surface area contributed by atoms with Crippen molar-refractivity contribution in [3.63, 3.8) is 0 Å². The van der Waals surface area contributed by atoms with Crippen molar-refractivity contribution in [1.29, 1.82) is 0 Å². The summed E-state index contributed by atoms with van der Waals surface area (Å²) < 4.78 is 0. The standard InChI is InChI=1S/C16H19N3O/c1-12-10-14(19-18-12)15(20)17-11-16(8-5-9-16)13-6-3-2-4-7-13/h2-4,6-7,10H,5,8-9,11H2,1H3,(H,17,20)(H,18,19). The normalized spacial score (nSPS) is 16.4.